The minimum absolute atomic E-state index is 0.0405. The average Bonchev–Trinajstić information content (AvgIpc) is 3.57. The maximum atomic E-state index is 13.3. The minimum Gasteiger partial charge on any atom is -0.465 e. The fourth-order valence-electron chi connectivity index (χ4n) is 4.44. The van der Waals surface area contributed by atoms with Crippen molar-refractivity contribution < 1.29 is 23.1 Å². The van der Waals surface area contributed by atoms with Gasteiger partial charge in [0.05, 0.1) is 23.1 Å². The molecule has 12 heteroatoms. The normalized spacial score (nSPS) is 15.6. The molecular weight excluding hydrogens is 551 g/mol. The second-order valence-corrected chi connectivity index (χ2v) is 12.1. The van der Waals surface area contributed by atoms with E-state index in [1.54, 1.807) is 18.0 Å². The summed E-state index contributed by atoms with van der Waals surface area (Å²) >= 11 is 12.4. The molecule has 1 saturated carbocycles. The third-order valence-electron chi connectivity index (χ3n) is 6.59. The quantitative estimate of drug-likeness (QED) is 0.387. The van der Waals surface area contributed by atoms with Gasteiger partial charge in [-0.3, -0.25) is 14.7 Å². The van der Waals surface area contributed by atoms with Crippen LogP contribution in [-0.2, 0) is 21.4 Å². The number of halogens is 2. The molecule has 0 atom stereocenters. The van der Waals surface area contributed by atoms with Crippen LogP contribution in [0.5, 0.6) is 0 Å². The van der Waals surface area contributed by atoms with Gasteiger partial charge in [0, 0.05) is 38.2 Å². The third kappa shape index (κ3) is 6.48. The minimum atomic E-state index is -3.84. The van der Waals surface area contributed by atoms with Gasteiger partial charge in [-0.1, -0.05) is 53.5 Å². The summed E-state index contributed by atoms with van der Waals surface area (Å²) in [6.07, 6.45) is 1.94. The van der Waals surface area contributed by atoms with E-state index in [1.165, 1.54) is 21.3 Å². The number of carbonyl (C=O) groups excluding carboxylic acids is 1. The number of aliphatic imine (C=N–C) groups is 1. The maximum Gasteiger partial charge on any atom is 0.413 e. The Morgan fingerprint density at radius 2 is 1.74 bits per heavy atom. The number of carbonyl (C=O) groups is 2. The lowest BCUT2D eigenvalue weighted by Gasteiger charge is -2.23. The van der Waals surface area contributed by atoms with Crippen molar-refractivity contribution >= 4 is 51.1 Å². The fourth-order valence-corrected chi connectivity index (χ4v) is 7.26. The van der Waals surface area contributed by atoms with Gasteiger partial charge in [0.15, 0.2) is 0 Å². The highest BCUT2D eigenvalue weighted by atomic mass is 35.5. The number of rotatable bonds is 11. The number of hydrogen-bond donors (Lipinski definition) is 1. The Kier molecular flexibility index (Phi) is 8.97. The molecule has 4 rings (SSSR count). The zero-order valence-corrected chi connectivity index (χ0v) is 23.3. The van der Waals surface area contributed by atoms with E-state index in [0.717, 1.165) is 24.0 Å². The van der Waals surface area contributed by atoms with Crippen molar-refractivity contribution in [2.24, 2.45) is 4.99 Å². The van der Waals surface area contributed by atoms with Crippen LogP contribution < -0.4 is 0 Å². The van der Waals surface area contributed by atoms with Gasteiger partial charge in [0.1, 0.15) is 10.7 Å². The number of unbranched alkanes of at least 4 members (excludes halogenated alkanes) is 1. The number of sulfonamides is 1. The maximum absolute atomic E-state index is 13.3. The average molecular weight is 582 g/mol. The van der Waals surface area contributed by atoms with E-state index in [4.69, 9.17) is 23.2 Å². The number of benzene rings is 2. The number of carboxylic acid groups (broad SMARTS) is 1. The van der Waals surface area contributed by atoms with E-state index < -0.39 is 16.1 Å². The van der Waals surface area contributed by atoms with Gasteiger partial charge in [-0.25, -0.2) is 13.2 Å². The van der Waals surface area contributed by atoms with Crippen LogP contribution in [-0.4, -0.2) is 78.2 Å². The summed E-state index contributed by atoms with van der Waals surface area (Å²) < 4.78 is 28.1. The first-order chi connectivity index (χ1) is 18.1. The van der Waals surface area contributed by atoms with Crippen LogP contribution in [0.2, 0.25) is 10.0 Å². The molecule has 0 bridgehead atoms. The van der Waals surface area contributed by atoms with Crippen molar-refractivity contribution in [1.29, 1.82) is 0 Å². The molecular formula is C26H30Cl2N4O5S. The van der Waals surface area contributed by atoms with Crippen molar-refractivity contribution in [2.75, 3.05) is 26.7 Å². The highest BCUT2D eigenvalue weighted by Gasteiger charge is 2.39. The van der Waals surface area contributed by atoms with Crippen LogP contribution in [0.25, 0.3) is 0 Å². The van der Waals surface area contributed by atoms with E-state index >= 15 is 0 Å². The topological polar surface area (TPSA) is 111 Å². The SMILES string of the molecule is CN(Cc1ccc(C2=NCCN2C(=O)O)cc1)C(=O)CCCCN(C1CC1)S(=O)(=O)c1c(Cl)cccc1Cl. The van der Waals surface area contributed by atoms with Gasteiger partial charge in [0.25, 0.3) is 0 Å². The van der Waals surface area contributed by atoms with Crippen molar-refractivity contribution in [1.82, 2.24) is 14.1 Å². The van der Waals surface area contributed by atoms with Crippen LogP contribution >= 0.6 is 23.2 Å². The lowest BCUT2D eigenvalue weighted by atomic mass is 10.1. The predicted molar refractivity (Wildman–Crippen MR) is 146 cm³/mol. The zero-order chi connectivity index (χ0) is 27.4. The monoisotopic (exact) mass is 580 g/mol. The number of nitrogens with zero attached hydrogens (tertiary/aromatic N) is 4. The van der Waals surface area contributed by atoms with Gasteiger partial charge in [-0.2, -0.15) is 4.31 Å². The Labute approximate surface area is 232 Å². The summed E-state index contributed by atoms with van der Waals surface area (Å²) in [6, 6.07) is 11.9. The number of hydrogen-bond acceptors (Lipinski definition) is 5. The molecule has 2 aromatic rings. The Morgan fingerprint density at radius 3 is 2.34 bits per heavy atom. The Balaban J connectivity index is 1.28. The Hall–Kier alpha value is -2.66. The van der Waals surface area contributed by atoms with Crippen molar-refractivity contribution in [3.8, 4) is 0 Å². The predicted octanol–water partition coefficient (Wildman–Crippen LogP) is 4.72. The molecule has 9 nitrogen and oxygen atoms in total. The van der Waals surface area contributed by atoms with E-state index in [9.17, 15) is 23.1 Å². The molecule has 1 fully saturated rings. The molecule has 1 aliphatic heterocycles. The second kappa shape index (κ2) is 12.0. The first-order valence-corrected chi connectivity index (χ1v) is 14.6. The van der Waals surface area contributed by atoms with E-state index in [2.05, 4.69) is 4.99 Å². The summed E-state index contributed by atoms with van der Waals surface area (Å²) in [7, 11) is -2.12. The first kappa shape index (κ1) is 28.4. The molecule has 2 aliphatic rings. The molecule has 1 N–H and O–H groups in total. The van der Waals surface area contributed by atoms with Crippen LogP contribution in [0.4, 0.5) is 4.79 Å². The van der Waals surface area contributed by atoms with Gasteiger partial charge >= 0.3 is 6.09 Å². The summed E-state index contributed by atoms with van der Waals surface area (Å²) in [5.41, 5.74) is 1.63. The highest BCUT2D eigenvalue weighted by Crippen LogP contribution is 2.37. The zero-order valence-electron chi connectivity index (χ0n) is 21.0. The fraction of sp³-hybridized carbons (Fsp3) is 0.423. The first-order valence-electron chi connectivity index (χ1n) is 12.4. The number of amidine groups is 1. The molecule has 0 radical (unpaired) electrons. The molecule has 1 aliphatic carbocycles. The van der Waals surface area contributed by atoms with Crippen molar-refractivity contribution in [3.05, 3.63) is 63.6 Å². The second-order valence-electron chi connectivity index (χ2n) is 9.44. The van der Waals surface area contributed by atoms with Gasteiger partial charge < -0.3 is 10.0 Å². The lowest BCUT2D eigenvalue weighted by molar-refractivity contribution is -0.130. The smallest absolute Gasteiger partial charge is 0.413 e. The van der Waals surface area contributed by atoms with Crippen molar-refractivity contribution in [3.63, 3.8) is 0 Å². The van der Waals surface area contributed by atoms with Gasteiger partial charge in [0.2, 0.25) is 15.9 Å². The summed E-state index contributed by atoms with van der Waals surface area (Å²) in [6.45, 7) is 1.49. The molecule has 2 aromatic carbocycles. The van der Waals surface area contributed by atoms with Gasteiger partial charge in [-0.15, -0.1) is 0 Å². The standard InChI is InChI=1S/C26H30Cl2N4O5S/c1-30(17-18-8-10-19(11-9-18)25-29-14-16-31(25)26(34)35)23(33)7-2-3-15-32(20-12-13-20)38(36,37)24-21(27)5-4-6-22(24)28/h4-6,8-11,20H,2-3,7,12-17H2,1H3,(H,34,35). The molecule has 0 saturated heterocycles. The van der Waals surface area contributed by atoms with Crippen molar-refractivity contribution in [2.45, 2.75) is 49.6 Å². The molecule has 204 valence electrons. The molecule has 1 heterocycles. The number of amides is 2. The molecule has 0 spiro atoms. The summed E-state index contributed by atoms with van der Waals surface area (Å²) in [5, 5.41) is 9.50. The Morgan fingerprint density at radius 1 is 1.08 bits per heavy atom. The molecule has 38 heavy (non-hydrogen) atoms. The van der Waals surface area contributed by atoms with Gasteiger partial charge in [-0.05, 0) is 43.4 Å². The highest BCUT2D eigenvalue weighted by molar-refractivity contribution is 7.89. The van der Waals surface area contributed by atoms with Crippen LogP contribution in [0.3, 0.4) is 0 Å². The van der Waals surface area contributed by atoms with Crippen LogP contribution in [0.15, 0.2) is 52.4 Å². The van der Waals surface area contributed by atoms with E-state index in [0.29, 0.717) is 51.3 Å². The van der Waals surface area contributed by atoms with Crippen LogP contribution in [0, 0.1) is 0 Å². The molecule has 2 amide bonds. The lowest BCUT2D eigenvalue weighted by Crippen LogP contribution is -2.34. The summed E-state index contributed by atoms with van der Waals surface area (Å²) in [4.78, 5) is 31.1. The van der Waals surface area contributed by atoms with E-state index in [-0.39, 0.29) is 26.9 Å². The third-order valence-corrected chi connectivity index (χ3v) is 9.50. The molecule has 0 aromatic heterocycles. The molecule has 0 unspecified atom stereocenters. The Bertz CT molecular complexity index is 1310. The van der Waals surface area contributed by atoms with Crippen LogP contribution in [0.1, 0.15) is 43.2 Å². The largest absolute Gasteiger partial charge is 0.465 e. The summed E-state index contributed by atoms with van der Waals surface area (Å²) in [5.74, 6) is 0.397. The van der Waals surface area contributed by atoms with E-state index in [1.807, 2.05) is 24.3 Å².